The Morgan fingerprint density at radius 2 is 0.460 bits per heavy atom. The third kappa shape index (κ3) is 24.4. The summed E-state index contributed by atoms with van der Waals surface area (Å²) in [5, 5.41) is 0. The van der Waals surface area contributed by atoms with Crippen molar-refractivity contribution in [3.05, 3.63) is 478 Å². The summed E-state index contributed by atoms with van der Waals surface area (Å²) in [6.07, 6.45) is 5.99. The number of aryl methyl sites for hydroxylation is 31. The van der Waals surface area contributed by atoms with Crippen molar-refractivity contribution in [3.8, 4) is 156 Å². The molecule has 0 unspecified atom stereocenters. The van der Waals surface area contributed by atoms with Gasteiger partial charge in [-0.1, -0.05) is 268 Å². The lowest BCUT2D eigenvalue weighted by Crippen LogP contribution is -2.31. The molecule has 5 nitrogen and oxygen atoms in total. The Labute approximate surface area is 977 Å². The number of hydrogen-bond acceptors (Lipinski definition) is 0. The normalized spacial score (nSPS) is 18.3. The fraction of sp³-hybridized carbons (Fsp3) is 0.248. The van der Waals surface area contributed by atoms with Crippen LogP contribution in [-0.2, 0) is 41.6 Å². The first-order valence-corrected chi connectivity index (χ1v) is 48.8. The van der Waals surface area contributed by atoms with Crippen molar-refractivity contribution in [1.82, 2.24) is 0 Å². The van der Waals surface area contributed by atoms with E-state index in [1.807, 2.05) is 46.1 Å². The lowest BCUT2D eigenvalue weighted by atomic mass is 9.87. The molecular formula is C145H158N5+5. The summed E-state index contributed by atoms with van der Waals surface area (Å²) in [4.78, 5) is 0. The molecule has 14 aromatic carbocycles. The number of benzene rings is 14. The maximum atomic E-state index is 8.66. The van der Waals surface area contributed by atoms with Gasteiger partial charge in [-0.2, -0.15) is 0 Å². The maximum absolute atomic E-state index is 8.66. The van der Waals surface area contributed by atoms with Crippen LogP contribution in [0.2, 0.25) is 0 Å². The van der Waals surface area contributed by atoms with Gasteiger partial charge in [-0.25, -0.2) is 22.8 Å². The number of rotatable bonds is 15. The van der Waals surface area contributed by atoms with Crippen LogP contribution in [0.15, 0.2) is 328 Å². The van der Waals surface area contributed by atoms with Crippen LogP contribution in [0.4, 0.5) is 0 Å². The summed E-state index contributed by atoms with van der Waals surface area (Å²) in [5.41, 5.74) is 13.1. The molecule has 19 rings (SSSR count). The molecule has 0 aliphatic heterocycles. The first-order chi connectivity index (χ1) is 93.9. The number of nitrogens with zero attached hydrogens (tertiary/aromatic N) is 5. The van der Waals surface area contributed by atoms with Crippen LogP contribution < -0.4 is 22.8 Å². The number of aromatic nitrogens is 5. The minimum Gasteiger partial charge on any atom is -0.201 e. The second-order valence-corrected chi connectivity index (χ2v) is 39.2. The van der Waals surface area contributed by atoms with E-state index in [1.165, 1.54) is 184 Å². The minimum atomic E-state index is -2.81. The van der Waals surface area contributed by atoms with Crippen LogP contribution in [0.5, 0.6) is 0 Å². The summed E-state index contributed by atoms with van der Waals surface area (Å²) in [5.74, 6) is 0. The van der Waals surface area contributed by atoms with Crippen LogP contribution in [0.25, 0.3) is 156 Å². The van der Waals surface area contributed by atoms with Gasteiger partial charge in [0.25, 0.3) is 0 Å². The lowest BCUT2D eigenvalue weighted by molar-refractivity contribution is -0.660. The predicted molar refractivity (Wildman–Crippen MR) is 641 cm³/mol. The average molecular weight is 2030 g/mol. The van der Waals surface area contributed by atoms with Gasteiger partial charge in [0, 0.05) is 163 Å². The minimum absolute atomic E-state index is 0.0000846. The Kier molecular flexibility index (Phi) is 17.8. The van der Waals surface area contributed by atoms with Crippen LogP contribution in [0.3, 0.4) is 0 Å². The van der Waals surface area contributed by atoms with E-state index in [4.69, 9.17) is 76.8 Å². The van der Waals surface area contributed by atoms with Gasteiger partial charge in [-0.15, -0.1) is 0 Å². The molecule has 150 heavy (non-hydrogen) atoms. The third-order valence-corrected chi connectivity index (χ3v) is 26.7. The number of pyridine rings is 5. The second kappa shape index (κ2) is 46.3. The zero-order valence-corrected chi connectivity index (χ0v) is 86.9. The monoisotopic (exact) mass is 2030 g/mol. The van der Waals surface area contributed by atoms with Crippen LogP contribution in [-0.4, -0.2) is 0 Å². The molecule has 0 N–H and O–H groups in total. The van der Waals surface area contributed by atoms with Crippen molar-refractivity contribution in [2.75, 3.05) is 0 Å². The van der Waals surface area contributed by atoms with E-state index < -0.39 is 135 Å². The summed E-state index contributed by atoms with van der Waals surface area (Å²) < 4.78 is 467. The predicted octanol–water partition coefficient (Wildman–Crippen LogP) is 35.5. The van der Waals surface area contributed by atoms with E-state index in [0.717, 1.165) is 11.3 Å². The van der Waals surface area contributed by atoms with Gasteiger partial charge in [0.15, 0.2) is 31.0 Å². The Morgan fingerprint density at radius 1 is 0.187 bits per heavy atom. The number of hydrogen-bond donors (Lipinski definition) is 0. The largest absolute Gasteiger partial charge is 0.213 e. The van der Waals surface area contributed by atoms with E-state index in [-0.39, 0.29) is 189 Å². The van der Waals surface area contributed by atoms with Crippen LogP contribution in [0, 0.1) is 184 Å². The third-order valence-electron chi connectivity index (χ3n) is 26.7. The fourth-order valence-corrected chi connectivity index (χ4v) is 18.9. The molecule has 0 aliphatic carbocycles. The highest BCUT2D eigenvalue weighted by molar-refractivity contribution is 5.87. The van der Waals surface area contributed by atoms with Gasteiger partial charge in [-0.05, 0) is 432 Å². The molecule has 0 atom stereocenters. The van der Waals surface area contributed by atoms with E-state index in [2.05, 4.69) is 60.9 Å². The van der Waals surface area contributed by atoms with E-state index in [0.29, 0.717) is 84.0 Å². The van der Waals surface area contributed by atoms with Crippen LogP contribution in [0.1, 0.15) is 248 Å². The second-order valence-electron chi connectivity index (χ2n) is 39.2. The summed E-state index contributed by atoms with van der Waals surface area (Å²) in [6.45, 7) is -27.4. The van der Waals surface area contributed by atoms with Gasteiger partial charge in [-0.3, -0.25) is 0 Å². The Hall–Kier alpha value is -15.2. The van der Waals surface area contributed by atoms with Crippen molar-refractivity contribution < 1.29 is 99.6 Å². The Morgan fingerprint density at radius 3 is 0.807 bits per heavy atom. The fourth-order valence-electron chi connectivity index (χ4n) is 18.9. The maximum Gasteiger partial charge on any atom is 0.213 e. The standard InChI is InChI=1S/C31H34N.2C30H32N.C29H30N.C25H30N/c1-19-13-23(5)31(24(6)14-19)29-17-30(32(8)18-25(29)7)28-16-27(21(3)15-22(28)4)26-12-10-9-11-20(26)2;1-19-11-8-9-14-25(19)26-16-27(23(5)15-22(26)4)29-17-28(24(6)18-31(29)7)30-20(2)12-10-13-21(30)3;1-19-12-13-26(21(3)14-19)28-17-30(31(7)18-24(28)6)29-16-27(22(4)15-23(29)5)25-11-9-8-10-20(25)2;1-19-11-7-9-13-24(19)26-16-28(22(4)15-21(26)3)29-17-27(23(5)18-30(29)6)25-14-10-8-12-20(25)2;1-18-7-10-21(11-8-18)22-12-9-19(2)23(16-22)24-15-20(13-14-26(24)6)17-25(3,4)5/h9-18H,1-8H3;2*8-18H,1-7H3;7-18H,1-6H3;7-16H,17H2,1-6H3/q5*+1/i2D3,3D3,5D3,6D3,7D3;1D3,2D3,3D3,4D3,6D3;2D3,3D3,4D3,6D3;1D3,2D3,3D3,5D3;17D2. The molecule has 0 saturated carbocycles. The molecule has 5 aromatic heterocycles. The first kappa shape index (κ1) is 57.6. The Bertz CT molecular complexity index is 10500. The smallest absolute Gasteiger partial charge is 0.201 e. The van der Waals surface area contributed by atoms with Gasteiger partial charge in [0.05, 0.1) is 0 Å². The van der Waals surface area contributed by atoms with Gasteiger partial charge >= 0.3 is 0 Å². The first-order valence-electron chi connectivity index (χ1n) is 76.8. The van der Waals surface area contributed by atoms with E-state index in [9.17, 15) is 0 Å². The van der Waals surface area contributed by atoms with Crippen molar-refractivity contribution in [2.24, 2.45) is 40.7 Å². The van der Waals surface area contributed by atoms with Crippen molar-refractivity contribution >= 4 is 0 Å². The van der Waals surface area contributed by atoms with Crippen molar-refractivity contribution in [2.45, 2.75) is 206 Å². The SMILES string of the molecule is [2H]C([2H])([2H])c1ccccc1-c1cc(-c2cc(-c3c(C([2H])([2H])[2H])cc(C)cc3C([2H])([2H])[2H])c(C([2H])([2H])[2H])c[n+]2C)c(C)cc1C([2H])([2H])[2H].[2H]C([2H])([2H])c1ccccc1-c1cc(-c2cc(-c3c(C([2H])([2H])[2H])cccc3C([2H])([2H])[2H])c(C([2H])([2H])[2H])c[n+]2C)c(C)cc1C([2H])([2H])[2H].[2H]C([2H])([2H])c1ccccc1-c1cc(-c2cc(-c3ccc(C)cc3C([2H])([2H])[2H])c(C([2H])([2H])[2H])c[n+]2C)c(C)cc1C([2H])([2H])[2H].[2H]C([2H])([2H])c1ccccc1-c1cc(-c2cc(-c3ccccc3C([2H])([2H])[2H])c(C([2H])([2H])[2H])c[n+]2C)c(C)cc1C([2H])([2H])[2H].[2H]C([2H])(c1cc[n+](C)c(-c2cc(-c3ccc(C)cc3)ccc2C)c1)C(C)(C)C. The lowest BCUT2D eigenvalue weighted by Gasteiger charge is -2.18. The molecule has 0 spiro atoms. The molecule has 0 bridgehead atoms. The highest BCUT2D eigenvalue weighted by atomic mass is 14.9. The van der Waals surface area contributed by atoms with Crippen molar-refractivity contribution in [1.29, 1.82) is 0 Å². The van der Waals surface area contributed by atoms with Gasteiger partial charge in [0.2, 0.25) is 28.5 Å². The quantitative estimate of drug-likeness (QED) is 0.0912. The van der Waals surface area contributed by atoms with E-state index >= 15 is 0 Å². The zero-order chi connectivity index (χ0) is 155. The molecule has 0 aliphatic rings. The molecule has 0 fully saturated rings. The topological polar surface area (TPSA) is 19.4 Å². The summed E-state index contributed by atoms with van der Waals surface area (Å²) >= 11 is 0. The molecule has 0 radical (unpaired) electrons. The molecular weight excluding hydrogens is 1810 g/mol. The summed E-state index contributed by atoms with van der Waals surface area (Å²) in [7, 11) is 8.44. The molecule has 19 aromatic rings. The molecule has 0 saturated heterocycles. The van der Waals surface area contributed by atoms with Gasteiger partial charge in [0.1, 0.15) is 35.2 Å². The highest BCUT2D eigenvalue weighted by Crippen LogP contribution is 2.44. The van der Waals surface area contributed by atoms with Crippen LogP contribution >= 0.6 is 0 Å². The summed E-state index contributed by atoms with van der Waals surface area (Å²) in [6, 6.07) is 79.3. The zero-order valence-electron chi connectivity index (χ0n) is 143. The van der Waals surface area contributed by atoms with Gasteiger partial charge < -0.3 is 0 Å². The molecule has 5 heteroatoms. The molecule has 758 valence electrons. The highest BCUT2D eigenvalue weighted by Gasteiger charge is 2.29. The Balaban J connectivity index is 0.000000185. The average Bonchev–Trinajstić information content (AvgIpc) is 0.730. The molecule has 5 heterocycles. The van der Waals surface area contributed by atoms with Crippen molar-refractivity contribution in [3.63, 3.8) is 0 Å². The van der Waals surface area contributed by atoms with E-state index in [1.54, 1.807) is 194 Å². The molecule has 0 amide bonds.